The van der Waals surface area contributed by atoms with Crippen molar-refractivity contribution in [2.45, 2.75) is 103 Å². The highest BCUT2D eigenvalue weighted by molar-refractivity contribution is 6.76. The molecular formula is C31H46N4O6Si. The molecule has 4 rings (SSSR count). The van der Waals surface area contributed by atoms with Crippen molar-refractivity contribution in [1.82, 2.24) is 19.7 Å². The molecule has 2 aliphatic rings. The van der Waals surface area contributed by atoms with Crippen LogP contribution in [0.25, 0.3) is 0 Å². The number of aromatic nitrogens is 2. The molecule has 0 saturated heterocycles. The fourth-order valence-electron chi connectivity index (χ4n) is 5.65. The van der Waals surface area contributed by atoms with Crippen LogP contribution in [0.1, 0.15) is 91.2 Å². The summed E-state index contributed by atoms with van der Waals surface area (Å²) >= 11 is 0. The quantitative estimate of drug-likeness (QED) is 0.294. The van der Waals surface area contributed by atoms with E-state index < -0.39 is 37.3 Å². The first-order valence-electron chi connectivity index (χ1n) is 14.7. The van der Waals surface area contributed by atoms with E-state index in [0.29, 0.717) is 24.2 Å². The molecule has 0 radical (unpaired) electrons. The average Bonchev–Trinajstić information content (AvgIpc) is 3.62. The topological polar surface area (TPSA) is 103 Å². The number of ether oxygens (including phenoxy) is 2. The molecule has 0 spiro atoms. The Morgan fingerprint density at radius 2 is 1.71 bits per heavy atom. The van der Waals surface area contributed by atoms with Crippen molar-refractivity contribution in [1.29, 1.82) is 0 Å². The maximum absolute atomic E-state index is 14.3. The van der Waals surface area contributed by atoms with Crippen LogP contribution < -0.4 is 4.84 Å². The molecule has 1 fully saturated rings. The molecule has 1 aromatic carbocycles. The third-order valence-corrected chi connectivity index (χ3v) is 9.88. The number of rotatable bonds is 8. The van der Waals surface area contributed by atoms with Gasteiger partial charge in [-0.3, -0.25) is 9.69 Å². The Hall–Kier alpha value is -3.34. The molecule has 0 N–H and O–H groups in total. The highest BCUT2D eigenvalue weighted by Gasteiger charge is 2.51. The summed E-state index contributed by atoms with van der Waals surface area (Å²) in [7, 11) is 1.78. The third kappa shape index (κ3) is 6.35. The zero-order valence-electron chi connectivity index (χ0n) is 26.7. The summed E-state index contributed by atoms with van der Waals surface area (Å²) in [6.45, 7) is 16.8. The number of fused-ring (bicyclic) bond motifs is 1. The van der Waals surface area contributed by atoms with Gasteiger partial charge in [-0.2, -0.15) is 0 Å². The third-order valence-electron chi connectivity index (χ3n) is 8.17. The van der Waals surface area contributed by atoms with Gasteiger partial charge in [0.1, 0.15) is 12.2 Å². The summed E-state index contributed by atoms with van der Waals surface area (Å²) < 4.78 is 10.6. The number of esters is 1. The van der Waals surface area contributed by atoms with Crippen LogP contribution in [0, 0.1) is 0 Å². The van der Waals surface area contributed by atoms with Crippen molar-refractivity contribution in [2.24, 2.45) is 0 Å². The van der Waals surface area contributed by atoms with Gasteiger partial charge in [-0.05, 0) is 71.2 Å². The normalized spacial score (nSPS) is 19.5. The Labute approximate surface area is 250 Å². The van der Waals surface area contributed by atoms with E-state index in [1.54, 1.807) is 29.0 Å². The zero-order chi connectivity index (χ0) is 31.2. The fraction of sp³-hybridized carbons (Fsp3) is 0.613. The standard InChI is InChI=1S/C31H46N4O6Si/c1-20-19-24-25(21(2)34(20)29(38)41-30(3,4)5)26(32-35(24)40-17-18-42(8,9)10)27(36)33(6)31(15-16-31)23-13-11-22(12-14-23)28(37)39-7/h11-14,20-21H,15-19H2,1-10H3. The van der Waals surface area contributed by atoms with Gasteiger partial charge in [-0.25, -0.2) is 9.59 Å². The van der Waals surface area contributed by atoms with E-state index in [-0.39, 0.29) is 17.6 Å². The molecule has 2 aromatic rings. The van der Waals surface area contributed by atoms with Crippen LogP contribution in [-0.2, 0) is 21.4 Å². The first-order chi connectivity index (χ1) is 19.5. The minimum Gasteiger partial charge on any atom is -0.465 e. The van der Waals surface area contributed by atoms with Gasteiger partial charge in [0.15, 0.2) is 5.69 Å². The summed E-state index contributed by atoms with van der Waals surface area (Å²) in [6, 6.07) is 7.54. The molecule has 2 heterocycles. The van der Waals surface area contributed by atoms with Crippen molar-refractivity contribution >= 4 is 26.0 Å². The number of hydrogen-bond acceptors (Lipinski definition) is 7. The molecule has 1 aliphatic heterocycles. The van der Waals surface area contributed by atoms with Crippen molar-refractivity contribution in [3.8, 4) is 0 Å². The number of hydrogen-bond donors (Lipinski definition) is 0. The van der Waals surface area contributed by atoms with Gasteiger partial charge < -0.3 is 19.2 Å². The van der Waals surface area contributed by atoms with Gasteiger partial charge in [-0.15, -0.1) is 9.94 Å². The zero-order valence-corrected chi connectivity index (χ0v) is 27.7. The number of carbonyl (C=O) groups is 3. The van der Waals surface area contributed by atoms with Crippen molar-refractivity contribution < 1.29 is 28.7 Å². The van der Waals surface area contributed by atoms with Gasteiger partial charge in [0.2, 0.25) is 0 Å². The average molecular weight is 599 g/mol. The lowest BCUT2D eigenvalue weighted by molar-refractivity contribution is 0.00343. The van der Waals surface area contributed by atoms with Crippen molar-refractivity contribution in [2.75, 3.05) is 20.8 Å². The molecule has 2 amide bonds. The highest BCUT2D eigenvalue weighted by Crippen LogP contribution is 2.51. The van der Waals surface area contributed by atoms with E-state index in [2.05, 4.69) is 19.6 Å². The minimum atomic E-state index is -1.36. The Morgan fingerprint density at radius 3 is 2.24 bits per heavy atom. The molecule has 1 aliphatic carbocycles. The molecule has 2 unspecified atom stereocenters. The smallest absolute Gasteiger partial charge is 0.411 e. The van der Waals surface area contributed by atoms with Crippen LogP contribution in [0.4, 0.5) is 4.79 Å². The van der Waals surface area contributed by atoms with Crippen LogP contribution in [0.2, 0.25) is 25.7 Å². The molecule has 1 aromatic heterocycles. The predicted molar refractivity (Wildman–Crippen MR) is 162 cm³/mol. The first-order valence-corrected chi connectivity index (χ1v) is 18.4. The van der Waals surface area contributed by atoms with Crippen LogP contribution in [0.5, 0.6) is 0 Å². The summed E-state index contributed by atoms with van der Waals surface area (Å²) in [5, 5.41) is 4.75. The van der Waals surface area contributed by atoms with Crippen molar-refractivity contribution in [3.63, 3.8) is 0 Å². The fourth-order valence-corrected chi connectivity index (χ4v) is 6.35. The van der Waals surface area contributed by atoms with Gasteiger partial charge >= 0.3 is 12.1 Å². The second-order valence-electron chi connectivity index (χ2n) is 13.8. The number of nitrogens with zero attached hydrogens (tertiary/aromatic N) is 4. The molecule has 230 valence electrons. The molecule has 11 heteroatoms. The summed E-state index contributed by atoms with van der Waals surface area (Å²) in [4.78, 5) is 50.7. The van der Waals surface area contributed by atoms with E-state index in [1.165, 1.54) is 12.0 Å². The Balaban J connectivity index is 1.70. The largest absolute Gasteiger partial charge is 0.465 e. The monoisotopic (exact) mass is 598 g/mol. The lowest BCUT2D eigenvalue weighted by atomic mass is 9.92. The minimum absolute atomic E-state index is 0.179. The SMILES string of the molecule is COC(=O)c1ccc(C2(N(C)C(=O)c3nn(OCC[Si](C)(C)C)c4c3C(C)N(C(=O)OC(C)(C)C)C(C)C4)CC2)cc1. The Morgan fingerprint density at radius 1 is 1.10 bits per heavy atom. The van der Waals surface area contributed by atoms with Crippen LogP contribution in [0.15, 0.2) is 24.3 Å². The van der Waals surface area contributed by atoms with Gasteiger partial charge in [0, 0.05) is 33.1 Å². The van der Waals surface area contributed by atoms with Crippen molar-refractivity contribution in [3.05, 3.63) is 52.3 Å². The molecular weight excluding hydrogens is 552 g/mol. The number of methoxy groups -OCH3 is 1. The summed E-state index contributed by atoms with van der Waals surface area (Å²) in [5.74, 6) is -0.640. The molecule has 42 heavy (non-hydrogen) atoms. The van der Waals surface area contributed by atoms with Crippen LogP contribution in [0.3, 0.4) is 0 Å². The lowest BCUT2D eigenvalue weighted by Crippen LogP contribution is -2.48. The van der Waals surface area contributed by atoms with E-state index >= 15 is 0 Å². The second-order valence-corrected chi connectivity index (χ2v) is 19.4. The Bertz CT molecular complexity index is 1340. The highest BCUT2D eigenvalue weighted by atomic mass is 28.3. The van der Waals surface area contributed by atoms with E-state index in [9.17, 15) is 14.4 Å². The van der Waals surface area contributed by atoms with Crippen LogP contribution >= 0.6 is 0 Å². The van der Waals surface area contributed by atoms with Gasteiger partial charge in [0.05, 0.1) is 29.9 Å². The number of carbonyl (C=O) groups excluding carboxylic acids is 3. The molecule has 2 atom stereocenters. The molecule has 1 saturated carbocycles. The summed E-state index contributed by atoms with van der Waals surface area (Å²) in [6.07, 6.45) is 1.64. The first kappa shape index (κ1) is 31.6. The summed E-state index contributed by atoms with van der Waals surface area (Å²) in [5.41, 5.74) is 2.04. The van der Waals surface area contributed by atoms with E-state index in [4.69, 9.17) is 19.4 Å². The number of benzene rings is 1. The van der Waals surface area contributed by atoms with Gasteiger partial charge in [-0.1, -0.05) is 31.8 Å². The lowest BCUT2D eigenvalue weighted by Gasteiger charge is -2.40. The van der Waals surface area contributed by atoms with Gasteiger partial charge in [0.25, 0.3) is 5.91 Å². The predicted octanol–water partition coefficient (Wildman–Crippen LogP) is 5.44. The second kappa shape index (κ2) is 11.4. The van der Waals surface area contributed by atoms with Crippen LogP contribution in [-0.4, -0.2) is 78.2 Å². The maximum atomic E-state index is 14.3. The maximum Gasteiger partial charge on any atom is 0.411 e. The van der Waals surface area contributed by atoms with E-state index in [1.807, 2.05) is 46.8 Å². The number of amides is 2. The Kier molecular flexibility index (Phi) is 8.57. The van der Waals surface area contributed by atoms with E-state index in [0.717, 1.165) is 30.1 Å². The molecule has 10 nitrogen and oxygen atoms in total. The molecule has 0 bridgehead atoms.